The van der Waals surface area contributed by atoms with Crippen molar-refractivity contribution in [2.24, 2.45) is 0 Å². The number of anilines is 1. The van der Waals surface area contributed by atoms with Crippen LogP contribution in [0.4, 0.5) is 14.5 Å². The lowest BCUT2D eigenvalue weighted by molar-refractivity contribution is -0.116. The maximum atomic E-state index is 13.5. The molecule has 3 aromatic rings. The number of hydrogen-bond acceptors (Lipinski definition) is 1. The molecule has 0 fully saturated rings. The van der Waals surface area contributed by atoms with Gasteiger partial charge in [-0.3, -0.25) is 4.79 Å². The number of amides is 1. The van der Waals surface area contributed by atoms with E-state index >= 15 is 0 Å². The first-order valence-electron chi connectivity index (χ1n) is 7.55. The topological polar surface area (TPSA) is 34.0 Å². The normalized spacial score (nSPS) is 11.9. The van der Waals surface area contributed by atoms with Crippen LogP contribution in [0.1, 0.15) is 18.0 Å². The van der Waals surface area contributed by atoms with Gasteiger partial charge < -0.3 is 9.88 Å². The van der Waals surface area contributed by atoms with Crippen molar-refractivity contribution in [3.05, 3.63) is 90.3 Å². The van der Waals surface area contributed by atoms with Gasteiger partial charge >= 0.3 is 0 Å². The highest BCUT2D eigenvalue weighted by Crippen LogP contribution is 2.24. The van der Waals surface area contributed by atoms with Gasteiger partial charge in [-0.25, -0.2) is 8.78 Å². The van der Waals surface area contributed by atoms with E-state index in [1.807, 2.05) is 29.1 Å². The van der Waals surface area contributed by atoms with E-state index in [0.29, 0.717) is 11.3 Å². The van der Waals surface area contributed by atoms with Gasteiger partial charge in [-0.1, -0.05) is 12.1 Å². The van der Waals surface area contributed by atoms with Gasteiger partial charge in [-0.15, -0.1) is 0 Å². The lowest BCUT2D eigenvalue weighted by atomic mass is 10.0. The molecule has 3 nitrogen and oxygen atoms in total. The van der Waals surface area contributed by atoms with Gasteiger partial charge in [0.2, 0.25) is 5.91 Å². The summed E-state index contributed by atoms with van der Waals surface area (Å²) < 4.78 is 28.3. The third-order valence-corrected chi connectivity index (χ3v) is 3.73. The van der Waals surface area contributed by atoms with E-state index in [4.69, 9.17) is 0 Å². The molecule has 0 spiro atoms. The second-order valence-corrected chi connectivity index (χ2v) is 5.46. The standard InChI is InChI=1S/C19H16F2N2O/c20-15-6-8-17(9-7-15)22-19(24)13-18(23-10-1-2-11-23)14-4-3-5-16(21)12-14/h1-12,18H,13H2,(H,22,24). The number of rotatable bonds is 5. The van der Waals surface area contributed by atoms with Crippen LogP contribution in [0.2, 0.25) is 0 Å². The van der Waals surface area contributed by atoms with Crippen molar-refractivity contribution in [2.45, 2.75) is 12.5 Å². The molecule has 2 aromatic carbocycles. The number of halogens is 2. The summed E-state index contributed by atoms with van der Waals surface area (Å²) in [4.78, 5) is 12.3. The zero-order chi connectivity index (χ0) is 16.9. The molecule has 0 aliphatic heterocycles. The van der Waals surface area contributed by atoms with Gasteiger partial charge in [0, 0.05) is 18.1 Å². The first kappa shape index (κ1) is 15.9. The number of nitrogens with zero attached hydrogens (tertiary/aromatic N) is 1. The predicted octanol–water partition coefficient (Wildman–Crippen LogP) is 4.38. The van der Waals surface area contributed by atoms with Crippen molar-refractivity contribution in [3.63, 3.8) is 0 Å². The Bertz CT molecular complexity index is 814. The fraction of sp³-hybridized carbons (Fsp3) is 0.105. The van der Waals surface area contributed by atoms with Crippen LogP contribution in [-0.2, 0) is 4.79 Å². The zero-order valence-electron chi connectivity index (χ0n) is 12.8. The van der Waals surface area contributed by atoms with E-state index in [9.17, 15) is 13.6 Å². The van der Waals surface area contributed by atoms with Crippen LogP contribution in [0.25, 0.3) is 0 Å². The largest absolute Gasteiger partial charge is 0.346 e. The molecule has 1 heterocycles. The number of carbonyl (C=O) groups excluding carboxylic acids is 1. The van der Waals surface area contributed by atoms with Gasteiger partial charge in [0.25, 0.3) is 0 Å². The summed E-state index contributed by atoms with van der Waals surface area (Å²) in [5.41, 5.74) is 1.23. The van der Waals surface area contributed by atoms with Crippen LogP contribution < -0.4 is 5.32 Å². The molecule has 3 rings (SSSR count). The summed E-state index contributed by atoms with van der Waals surface area (Å²) in [5, 5.41) is 2.73. The maximum absolute atomic E-state index is 13.5. The summed E-state index contributed by atoms with van der Waals surface area (Å²) in [6.45, 7) is 0. The number of hydrogen-bond donors (Lipinski definition) is 1. The average molecular weight is 326 g/mol. The molecule has 0 radical (unpaired) electrons. The Hall–Kier alpha value is -2.95. The highest BCUT2D eigenvalue weighted by molar-refractivity contribution is 5.91. The monoisotopic (exact) mass is 326 g/mol. The van der Waals surface area contributed by atoms with Crippen LogP contribution in [0.5, 0.6) is 0 Å². The minimum Gasteiger partial charge on any atom is -0.346 e. The zero-order valence-corrected chi connectivity index (χ0v) is 12.8. The van der Waals surface area contributed by atoms with Crippen molar-refractivity contribution in [3.8, 4) is 0 Å². The second-order valence-electron chi connectivity index (χ2n) is 5.46. The molecule has 1 unspecified atom stereocenters. The van der Waals surface area contributed by atoms with Crippen molar-refractivity contribution < 1.29 is 13.6 Å². The lowest BCUT2D eigenvalue weighted by Crippen LogP contribution is -2.19. The first-order chi connectivity index (χ1) is 11.6. The molecule has 0 bridgehead atoms. The molecule has 1 N–H and O–H groups in total. The molecule has 1 aromatic heterocycles. The summed E-state index contributed by atoms with van der Waals surface area (Å²) >= 11 is 0. The Balaban J connectivity index is 1.79. The Morgan fingerprint density at radius 2 is 1.67 bits per heavy atom. The van der Waals surface area contributed by atoms with Crippen molar-refractivity contribution in [2.75, 3.05) is 5.32 Å². The van der Waals surface area contributed by atoms with Crippen LogP contribution in [0.3, 0.4) is 0 Å². The van der Waals surface area contributed by atoms with Gasteiger partial charge in [-0.05, 0) is 54.1 Å². The van der Waals surface area contributed by atoms with E-state index in [-0.39, 0.29) is 30.0 Å². The van der Waals surface area contributed by atoms with Gasteiger partial charge in [0.15, 0.2) is 0 Å². The summed E-state index contributed by atoms with van der Waals surface area (Å²) in [7, 11) is 0. The number of nitrogens with one attached hydrogen (secondary N) is 1. The fourth-order valence-electron chi connectivity index (χ4n) is 2.59. The summed E-state index contributed by atoms with van der Waals surface area (Å²) in [6, 6.07) is 15.2. The van der Waals surface area contributed by atoms with E-state index in [2.05, 4.69) is 5.32 Å². The molecular formula is C19H16F2N2O. The average Bonchev–Trinajstić information content (AvgIpc) is 3.09. The van der Waals surface area contributed by atoms with E-state index in [1.165, 1.54) is 36.4 Å². The smallest absolute Gasteiger partial charge is 0.226 e. The number of carbonyl (C=O) groups is 1. The van der Waals surface area contributed by atoms with E-state index < -0.39 is 0 Å². The van der Waals surface area contributed by atoms with Crippen LogP contribution in [-0.4, -0.2) is 10.5 Å². The van der Waals surface area contributed by atoms with Crippen molar-refractivity contribution >= 4 is 11.6 Å². The molecule has 0 saturated carbocycles. The Morgan fingerprint density at radius 1 is 0.958 bits per heavy atom. The molecule has 5 heteroatoms. The van der Waals surface area contributed by atoms with E-state index in [0.717, 1.165) is 0 Å². The summed E-state index contributed by atoms with van der Waals surface area (Å²) in [6.07, 6.45) is 3.80. The molecule has 0 saturated heterocycles. The number of aromatic nitrogens is 1. The Kier molecular flexibility index (Phi) is 4.70. The molecule has 122 valence electrons. The van der Waals surface area contributed by atoms with Crippen LogP contribution >= 0.6 is 0 Å². The minimum absolute atomic E-state index is 0.134. The molecule has 0 aliphatic carbocycles. The maximum Gasteiger partial charge on any atom is 0.226 e. The fourth-order valence-corrected chi connectivity index (χ4v) is 2.59. The van der Waals surface area contributed by atoms with Gasteiger partial charge in [0.05, 0.1) is 12.5 Å². The SMILES string of the molecule is O=C(CC(c1cccc(F)c1)n1cccc1)Nc1ccc(F)cc1. The third-order valence-electron chi connectivity index (χ3n) is 3.73. The molecule has 24 heavy (non-hydrogen) atoms. The second kappa shape index (κ2) is 7.08. The quantitative estimate of drug-likeness (QED) is 0.741. The molecule has 1 amide bonds. The predicted molar refractivity (Wildman–Crippen MR) is 88.6 cm³/mol. The molecular weight excluding hydrogens is 310 g/mol. The Labute approximate surface area is 138 Å². The number of benzene rings is 2. The first-order valence-corrected chi connectivity index (χ1v) is 7.55. The van der Waals surface area contributed by atoms with Crippen LogP contribution in [0, 0.1) is 11.6 Å². The van der Waals surface area contributed by atoms with Crippen LogP contribution in [0.15, 0.2) is 73.1 Å². The van der Waals surface area contributed by atoms with Crippen molar-refractivity contribution in [1.29, 1.82) is 0 Å². The van der Waals surface area contributed by atoms with E-state index in [1.54, 1.807) is 12.1 Å². The molecule has 1 atom stereocenters. The van der Waals surface area contributed by atoms with Crippen molar-refractivity contribution in [1.82, 2.24) is 4.57 Å². The molecule has 0 aliphatic rings. The van der Waals surface area contributed by atoms with Gasteiger partial charge in [-0.2, -0.15) is 0 Å². The summed E-state index contributed by atoms with van der Waals surface area (Å²) in [5.74, 6) is -0.939. The highest BCUT2D eigenvalue weighted by Gasteiger charge is 2.18. The van der Waals surface area contributed by atoms with Gasteiger partial charge in [0.1, 0.15) is 11.6 Å². The lowest BCUT2D eigenvalue weighted by Gasteiger charge is -2.19. The third kappa shape index (κ3) is 3.87. The minimum atomic E-state index is -0.363. The Morgan fingerprint density at radius 3 is 2.33 bits per heavy atom. The highest BCUT2D eigenvalue weighted by atomic mass is 19.1.